The first kappa shape index (κ1) is 14.6. The Bertz CT molecular complexity index is 695. The summed E-state index contributed by atoms with van der Waals surface area (Å²) >= 11 is 1.44. The number of nitrogens with one attached hydrogen (secondary N) is 2. The van der Waals surface area contributed by atoms with Crippen LogP contribution in [0.4, 0.5) is 0 Å². The Balaban J connectivity index is 1.73. The van der Waals surface area contributed by atoms with E-state index >= 15 is 0 Å². The molecular formula is C14H17N3O2S2. The molecule has 5 nitrogen and oxygen atoms in total. The second-order valence-electron chi connectivity index (χ2n) is 5.01. The van der Waals surface area contributed by atoms with Crippen molar-refractivity contribution in [2.75, 3.05) is 0 Å². The van der Waals surface area contributed by atoms with Crippen LogP contribution in [0.3, 0.4) is 0 Å². The summed E-state index contributed by atoms with van der Waals surface area (Å²) in [5, 5.41) is 5.94. The maximum Gasteiger partial charge on any atom is 0.241 e. The van der Waals surface area contributed by atoms with Gasteiger partial charge in [0.2, 0.25) is 10.0 Å². The van der Waals surface area contributed by atoms with E-state index in [1.165, 1.54) is 24.2 Å². The van der Waals surface area contributed by atoms with Gasteiger partial charge in [-0.2, -0.15) is 0 Å². The van der Waals surface area contributed by atoms with Crippen LogP contribution in [0.15, 0.2) is 40.7 Å². The average Bonchev–Trinajstić information content (AvgIpc) is 3.17. The lowest BCUT2D eigenvalue weighted by Crippen LogP contribution is -2.25. The Morgan fingerprint density at radius 3 is 2.76 bits per heavy atom. The van der Waals surface area contributed by atoms with E-state index < -0.39 is 10.0 Å². The number of rotatable bonds is 7. The molecule has 0 bridgehead atoms. The van der Waals surface area contributed by atoms with Gasteiger partial charge < -0.3 is 5.32 Å². The highest BCUT2D eigenvalue weighted by atomic mass is 32.2. The Kier molecular flexibility index (Phi) is 4.34. The van der Waals surface area contributed by atoms with Crippen LogP contribution < -0.4 is 10.0 Å². The first-order chi connectivity index (χ1) is 10.1. The zero-order valence-electron chi connectivity index (χ0n) is 11.5. The molecule has 3 rings (SSSR count). The molecule has 21 heavy (non-hydrogen) atoms. The van der Waals surface area contributed by atoms with Crippen LogP contribution >= 0.6 is 11.3 Å². The number of sulfonamides is 1. The van der Waals surface area contributed by atoms with Crippen LogP contribution in [-0.4, -0.2) is 19.4 Å². The Hall–Kier alpha value is -1.28. The predicted octanol–water partition coefficient (Wildman–Crippen LogP) is 1.87. The topological polar surface area (TPSA) is 71.1 Å². The normalized spacial score (nSPS) is 15.2. The monoisotopic (exact) mass is 323 g/mol. The van der Waals surface area contributed by atoms with Gasteiger partial charge in [-0.15, -0.1) is 11.3 Å². The summed E-state index contributed by atoms with van der Waals surface area (Å²) in [6.45, 7) is 0.809. The van der Waals surface area contributed by atoms with Gasteiger partial charge in [-0.1, -0.05) is 18.2 Å². The zero-order valence-corrected chi connectivity index (χ0v) is 13.1. The summed E-state index contributed by atoms with van der Waals surface area (Å²) in [7, 11) is -3.52. The Labute approximate surface area is 128 Å². The molecule has 1 aliphatic rings. The lowest BCUT2D eigenvalue weighted by molar-refractivity contribution is 0.578. The number of nitrogens with zero attached hydrogens (tertiary/aromatic N) is 1. The zero-order chi connectivity index (χ0) is 14.7. The molecule has 0 radical (unpaired) electrons. The van der Waals surface area contributed by atoms with Crippen LogP contribution in [-0.2, 0) is 23.1 Å². The van der Waals surface area contributed by atoms with Gasteiger partial charge in [0.15, 0.2) is 0 Å². The average molecular weight is 323 g/mol. The summed E-state index contributed by atoms with van der Waals surface area (Å²) < 4.78 is 27.5. The molecule has 1 aromatic heterocycles. The molecule has 0 amide bonds. The quantitative estimate of drug-likeness (QED) is 0.816. The van der Waals surface area contributed by atoms with E-state index in [1.54, 1.807) is 18.3 Å². The van der Waals surface area contributed by atoms with Crippen LogP contribution in [0.5, 0.6) is 0 Å². The highest BCUT2D eigenvalue weighted by molar-refractivity contribution is 7.89. The minimum absolute atomic E-state index is 0.227. The molecule has 1 heterocycles. The van der Waals surface area contributed by atoms with Gasteiger partial charge in [0, 0.05) is 24.2 Å². The van der Waals surface area contributed by atoms with Gasteiger partial charge in [0.25, 0.3) is 0 Å². The molecule has 0 spiro atoms. The third-order valence-electron chi connectivity index (χ3n) is 3.32. The molecule has 1 fully saturated rings. The Morgan fingerprint density at radius 1 is 1.24 bits per heavy atom. The lowest BCUT2D eigenvalue weighted by atomic mass is 10.2. The maximum atomic E-state index is 12.4. The number of benzene rings is 1. The molecule has 0 atom stereocenters. The molecule has 112 valence electrons. The van der Waals surface area contributed by atoms with Crippen LogP contribution in [0.2, 0.25) is 0 Å². The van der Waals surface area contributed by atoms with Gasteiger partial charge in [0.05, 0.1) is 11.4 Å². The molecule has 1 aromatic carbocycles. The van der Waals surface area contributed by atoms with Crippen LogP contribution in [0.25, 0.3) is 0 Å². The van der Waals surface area contributed by atoms with Crippen molar-refractivity contribution in [2.24, 2.45) is 0 Å². The summed E-state index contributed by atoms with van der Waals surface area (Å²) in [6, 6.07) is 7.66. The molecule has 2 aromatic rings. The molecule has 0 saturated heterocycles. The van der Waals surface area contributed by atoms with E-state index in [-0.39, 0.29) is 6.54 Å². The first-order valence-corrected chi connectivity index (χ1v) is 9.21. The number of aromatic nitrogens is 1. The minimum Gasteiger partial charge on any atom is -0.310 e. The fourth-order valence-corrected chi connectivity index (χ4v) is 3.90. The van der Waals surface area contributed by atoms with E-state index in [0.717, 1.165) is 10.6 Å². The Morgan fingerprint density at radius 2 is 2.05 bits per heavy atom. The molecular weight excluding hydrogens is 306 g/mol. The van der Waals surface area contributed by atoms with Crippen molar-refractivity contribution in [3.8, 4) is 0 Å². The number of hydrogen-bond acceptors (Lipinski definition) is 5. The maximum absolute atomic E-state index is 12.4. The highest BCUT2D eigenvalue weighted by Gasteiger charge is 2.22. The van der Waals surface area contributed by atoms with Gasteiger partial charge in [-0.25, -0.2) is 18.1 Å². The summed E-state index contributed by atoms with van der Waals surface area (Å²) in [4.78, 5) is 4.42. The molecule has 1 saturated carbocycles. The predicted molar refractivity (Wildman–Crippen MR) is 82.4 cm³/mol. The fourth-order valence-electron chi connectivity index (χ4n) is 2.03. The molecule has 1 aliphatic carbocycles. The highest BCUT2D eigenvalue weighted by Crippen LogP contribution is 2.21. The van der Waals surface area contributed by atoms with E-state index in [1.807, 2.05) is 17.5 Å². The van der Waals surface area contributed by atoms with Gasteiger partial charge in [-0.3, -0.25) is 0 Å². The van der Waals surface area contributed by atoms with Gasteiger partial charge >= 0.3 is 0 Å². The number of thiazole rings is 1. The van der Waals surface area contributed by atoms with Crippen molar-refractivity contribution in [3.05, 3.63) is 46.4 Å². The van der Waals surface area contributed by atoms with E-state index in [4.69, 9.17) is 0 Å². The van der Waals surface area contributed by atoms with Crippen LogP contribution in [0, 0.1) is 0 Å². The van der Waals surface area contributed by atoms with Crippen molar-refractivity contribution >= 4 is 21.4 Å². The summed E-state index contributed by atoms with van der Waals surface area (Å²) in [5.41, 5.74) is 0.802. The van der Waals surface area contributed by atoms with E-state index in [9.17, 15) is 8.42 Å². The SMILES string of the molecule is O=S(=O)(NCc1nccs1)c1ccccc1CNC1CC1. The molecule has 2 N–H and O–H groups in total. The smallest absolute Gasteiger partial charge is 0.241 e. The summed E-state index contributed by atoms with van der Waals surface area (Å²) in [5.74, 6) is 0. The van der Waals surface area contributed by atoms with E-state index in [0.29, 0.717) is 17.5 Å². The summed E-state index contributed by atoms with van der Waals surface area (Å²) in [6.07, 6.45) is 4.02. The molecule has 0 aliphatic heterocycles. The minimum atomic E-state index is -3.52. The third kappa shape index (κ3) is 3.88. The largest absolute Gasteiger partial charge is 0.310 e. The second-order valence-corrected chi connectivity index (χ2v) is 7.73. The van der Waals surface area contributed by atoms with E-state index in [2.05, 4.69) is 15.0 Å². The molecule has 7 heteroatoms. The van der Waals surface area contributed by atoms with Gasteiger partial charge in [-0.05, 0) is 24.5 Å². The van der Waals surface area contributed by atoms with Crippen molar-refractivity contribution in [1.29, 1.82) is 0 Å². The third-order valence-corrected chi connectivity index (χ3v) is 5.60. The standard InChI is InChI=1S/C14H17N3O2S2/c18-21(19,17-10-14-15-7-8-20-14)13-4-2-1-3-11(13)9-16-12-5-6-12/h1-4,7-8,12,16-17H,5-6,9-10H2. The van der Waals surface area contributed by atoms with Crippen LogP contribution in [0.1, 0.15) is 23.4 Å². The molecule has 0 unspecified atom stereocenters. The van der Waals surface area contributed by atoms with Gasteiger partial charge in [0.1, 0.15) is 5.01 Å². The fraction of sp³-hybridized carbons (Fsp3) is 0.357. The van der Waals surface area contributed by atoms with Crippen molar-refractivity contribution < 1.29 is 8.42 Å². The lowest BCUT2D eigenvalue weighted by Gasteiger charge is -2.11. The van der Waals surface area contributed by atoms with Crippen molar-refractivity contribution in [3.63, 3.8) is 0 Å². The second kappa shape index (κ2) is 6.23. The number of hydrogen-bond donors (Lipinski definition) is 2. The van der Waals surface area contributed by atoms with Crippen molar-refractivity contribution in [2.45, 2.75) is 36.9 Å². The van der Waals surface area contributed by atoms with Crippen molar-refractivity contribution in [1.82, 2.24) is 15.0 Å². The first-order valence-electron chi connectivity index (χ1n) is 6.84.